The molecule has 124 valence electrons. The predicted molar refractivity (Wildman–Crippen MR) is 92.4 cm³/mol. The van der Waals surface area contributed by atoms with Gasteiger partial charge >= 0.3 is 0 Å². The van der Waals surface area contributed by atoms with Crippen molar-refractivity contribution in [2.24, 2.45) is 0 Å². The van der Waals surface area contributed by atoms with E-state index in [0.717, 1.165) is 11.3 Å². The Morgan fingerprint density at radius 1 is 1.21 bits per heavy atom. The summed E-state index contributed by atoms with van der Waals surface area (Å²) in [7, 11) is 1.49. The summed E-state index contributed by atoms with van der Waals surface area (Å²) in [6.07, 6.45) is 0. The SMILES string of the molecule is COc1cc(C#N)ccc1OCC(=O)Nc1cccc(C(C)C)c1. The van der Waals surface area contributed by atoms with Crippen LogP contribution in [0.4, 0.5) is 5.69 Å². The molecule has 1 N–H and O–H groups in total. The van der Waals surface area contributed by atoms with Gasteiger partial charge in [0.25, 0.3) is 5.91 Å². The number of anilines is 1. The summed E-state index contributed by atoms with van der Waals surface area (Å²) in [6.45, 7) is 4.05. The number of methoxy groups -OCH3 is 1. The van der Waals surface area contributed by atoms with E-state index in [0.29, 0.717) is 23.0 Å². The van der Waals surface area contributed by atoms with Gasteiger partial charge in [-0.05, 0) is 35.7 Å². The van der Waals surface area contributed by atoms with Crippen LogP contribution in [0.25, 0.3) is 0 Å². The maximum atomic E-state index is 12.1. The zero-order valence-electron chi connectivity index (χ0n) is 14.0. The minimum Gasteiger partial charge on any atom is -0.493 e. The topological polar surface area (TPSA) is 71.3 Å². The zero-order valence-corrected chi connectivity index (χ0v) is 14.0. The number of ether oxygens (including phenoxy) is 2. The smallest absolute Gasteiger partial charge is 0.262 e. The number of amides is 1. The van der Waals surface area contributed by atoms with Crippen molar-refractivity contribution in [3.05, 3.63) is 53.6 Å². The number of nitrogens with one attached hydrogen (secondary N) is 1. The lowest BCUT2D eigenvalue weighted by atomic mass is 10.0. The third-order valence-corrected chi connectivity index (χ3v) is 3.49. The molecule has 1 amide bonds. The van der Waals surface area contributed by atoms with Gasteiger partial charge in [0.15, 0.2) is 18.1 Å². The number of benzene rings is 2. The fourth-order valence-corrected chi connectivity index (χ4v) is 2.17. The Labute approximate surface area is 141 Å². The first-order valence-corrected chi connectivity index (χ1v) is 7.64. The van der Waals surface area contributed by atoms with Crippen molar-refractivity contribution in [1.82, 2.24) is 0 Å². The second-order valence-corrected chi connectivity index (χ2v) is 5.59. The lowest BCUT2D eigenvalue weighted by Crippen LogP contribution is -2.20. The van der Waals surface area contributed by atoms with E-state index >= 15 is 0 Å². The lowest BCUT2D eigenvalue weighted by Gasteiger charge is -2.12. The van der Waals surface area contributed by atoms with Crippen LogP contribution in [-0.2, 0) is 4.79 Å². The molecule has 0 bridgehead atoms. The molecule has 0 radical (unpaired) electrons. The van der Waals surface area contributed by atoms with Crippen molar-refractivity contribution in [3.8, 4) is 17.6 Å². The Kier molecular flexibility index (Phi) is 5.80. The van der Waals surface area contributed by atoms with Crippen molar-refractivity contribution < 1.29 is 14.3 Å². The van der Waals surface area contributed by atoms with Crippen LogP contribution in [0.1, 0.15) is 30.9 Å². The first kappa shape index (κ1) is 17.4. The Morgan fingerprint density at radius 3 is 2.67 bits per heavy atom. The number of hydrogen-bond acceptors (Lipinski definition) is 4. The van der Waals surface area contributed by atoms with Crippen LogP contribution in [0.2, 0.25) is 0 Å². The third-order valence-electron chi connectivity index (χ3n) is 3.49. The number of hydrogen-bond donors (Lipinski definition) is 1. The quantitative estimate of drug-likeness (QED) is 0.879. The van der Waals surface area contributed by atoms with Crippen molar-refractivity contribution in [2.75, 3.05) is 19.0 Å². The van der Waals surface area contributed by atoms with Gasteiger partial charge in [0.05, 0.1) is 18.7 Å². The molecule has 0 heterocycles. The predicted octanol–water partition coefficient (Wildman–Crippen LogP) is 3.71. The van der Waals surface area contributed by atoms with Gasteiger partial charge in [0, 0.05) is 11.8 Å². The molecule has 5 nitrogen and oxygen atoms in total. The Morgan fingerprint density at radius 2 is 2.00 bits per heavy atom. The second kappa shape index (κ2) is 8.02. The van der Waals surface area contributed by atoms with Gasteiger partial charge in [-0.2, -0.15) is 5.26 Å². The van der Waals surface area contributed by atoms with Crippen LogP contribution in [-0.4, -0.2) is 19.6 Å². The number of carbonyl (C=O) groups is 1. The number of rotatable bonds is 6. The summed E-state index contributed by atoms with van der Waals surface area (Å²) in [4.78, 5) is 12.1. The van der Waals surface area contributed by atoms with E-state index in [9.17, 15) is 4.79 Å². The van der Waals surface area contributed by atoms with Gasteiger partial charge in [-0.3, -0.25) is 4.79 Å². The van der Waals surface area contributed by atoms with E-state index in [1.807, 2.05) is 30.3 Å². The summed E-state index contributed by atoms with van der Waals surface area (Å²) in [5.41, 5.74) is 2.36. The normalized spacial score (nSPS) is 10.1. The molecule has 0 aliphatic heterocycles. The standard InChI is InChI=1S/C19H20N2O3/c1-13(2)15-5-4-6-16(10-15)21-19(22)12-24-17-8-7-14(11-20)9-18(17)23-3/h4-10,13H,12H2,1-3H3,(H,21,22). The molecule has 2 aromatic carbocycles. The molecule has 0 aliphatic carbocycles. The van der Waals surface area contributed by atoms with Crippen LogP contribution in [0.3, 0.4) is 0 Å². The average Bonchev–Trinajstić information content (AvgIpc) is 2.60. The van der Waals surface area contributed by atoms with Gasteiger partial charge in [0.1, 0.15) is 0 Å². The van der Waals surface area contributed by atoms with E-state index in [4.69, 9.17) is 14.7 Å². The van der Waals surface area contributed by atoms with Gasteiger partial charge in [-0.25, -0.2) is 0 Å². The van der Waals surface area contributed by atoms with E-state index in [2.05, 4.69) is 19.2 Å². The van der Waals surface area contributed by atoms with Crippen molar-refractivity contribution in [2.45, 2.75) is 19.8 Å². The van der Waals surface area contributed by atoms with Crippen LogP contribution in [0, 0.1) is 11.3 Å². The van der Waals surface area contributed by atoms with Crippen LogP contribution in [0.15, 0.2) is 42.5 Å². The molecule has 0 fully saturated rings. The van der Waals surface area contributed by atoms with Crippen LogP contribution < -0.4 is 14.8 Å². The van der Waals surface area contributed by atoms with Crippen LogP contribution in [0.5, 0.6) is 11.5 Å². The van der Waals surface area contributed by atoms with E-state index in [-0.39, 0.29) is 12.5 Å². The molecule has 24 heavy (non-hydrogen) atoms. The minimum atomic E-state index is -0.262. The molecular weight excluding hydrogens is 304 g/mol. The molecule has 0 spiro atoms. The Balaban J connectivity index is 1.99. The van der Waals surface area contributed by atoms with Crippen molar-refractivity contribution >= 4 is 11.6 Å². The molecule has 0 aromatic heterocycles. The van der Waals surface area contributed by atoms with E-state index < -0.39 is 0 Å². The first-order valence-electron chi connectivity index (χ1n) is 7.64. The molecule has 5 heteroatoms. The summed E-state index contributed by atoms with van der Waals surface area (Å²) in [5, 5.41) is 11.7. The number of nitriles is 1. The van der Waals surface area contributed by atoms with E-state index in [1.165, 1.54) is 7.11 Å². The fraction of sp³-hybridized carbons (Fsp3) is 0.263. The zero-order chi connectivity index (χ0) is 17.5. The van der Waals surface area contributed by atoms with E-state index in [1.54, 1.807) is 18.2 Å². The molecule has 0 atom stereocenters. The largest absolute Gasteiger partial charge is 0.493 e. The second-order valence-electron chi connectivity index (χ2n) is 5.59. The number of carbonyl (C=O) groups excluding carboxylic acids is 1. The summed E-state index contributed by atoms with van der Waals surface area (Å²) >= 11 is 0. The maximum Gasteiger partial charge on any atom is 0.262 e. The highest BCUT2D eigenvalue weighted by Crippen LogP contribution is 2.27. The monoisotopic (exact) mass is 324 g/mol. The molecule has 2 aromatic rings. The Bertz CT molecular complexity index is 763. The highest BCUT2D eigenvalue weighted by Gasteiger charge is 2.09. The summed E-state index contributed by atoms with van der Waals surface area (Å²) in [6, 6.07) is 14.5. The first-order chi connectivity index (χ1) is 11.5. The Hall–Kier alpha value is -3.00. The highest BCUT2D eigenvalue weighted by molar-refractivity contribution is 5.92. The van der Waals surface area contributed by atoms with Crippen molar-refractivity contribution in [1.29, 1.82) is 5.26 Å². The summed E-state index contributed by atoms with van der Waals surface area (Å²) < 4.78 is 10.7. The van der Waals surface area contributed by atoms with Gasteiger partial charge in [-0.15, -0.1) is 0 Å². The van der Waals surface area contributed by atoms with Crippen molar-refractivity contribution in [3.63, 3.8) is 0 Å². The highest BCUT2D eigenvalue weighted by atomic mass is 16.5. The summed E-state index contributed by atoms with van der Waals surface area (Å²) in [5.74, 6) is 0.967. The maximum absolute atomic E-state index is 12.1. The fourth-order valence-electron chi connectivity index (χ4n) is 2.17. The van der Waals surface area contributed by atoms with Gasteiger partial charge < -0.3 is 14.8 Å². The molecule has 0 saturated carbocycles. The van der Waals surface area contributed by atoms with Gasteiger partial charge in [-0.1, -0.05) is 26.0 Å². The molecule has 2 rings (SSSR count). The molecule has 0 aliphatic rings. The molecular formula is C19H20N2O3. The lowest BCUT2D eigenvalue weighted by molar-refractivity contribution is -0.118. The van der Waals surface area contributed by atoms with Gasteiger partial charge in [0.2, 0.25) is 0 Å². The molecule has 0 unspecified atom stereocenters. The average molecular weight is 324 g/mol. The number of nitrogens with zero attached hydrogens (tertiary/aromatic N) is 1. The molecule has 0 saturated heterocycles. The minimum absolute atomic E-state index is 0.145. The third kappa shape index (κ3) is 4.50. The van der Waals surface area contributed by atoms with Crippen LogP contribution >= 0.6 is 0 Å².